The second-order valence-electron chi connectivity index (χ2n) is 3.91. The average Bonchev–Trinajstić information content (AvgIpc) is 2.70. The summed E-state index contributed by atoms with van der Waals surface area (Å²) >= 11 is 1.67. The number of hydrogen-bond acceptors (Lipinski definition) is 4. The first-order chi connectivity index (χ1) is 7.24. The van der Waals surface area contributed by atoms with Crippen molar-refractivity contribution in [1.82, 2.24) is 10.3 Å². The van der Waals surface area contributed by atoms with Gasteiger partial charge >= 0.3 is 0 Å². The Kier molecular flexibility index (Phi) is 5.79. The van der Waals surface area contributed by atoms with E-state index < -0.39 is 0 Å². The summed E-state index contributed by atoms with van der Waals surface area (Å²) in [6, 6.07) is 0.529. The van der Waals surface area contributed by atoms with Crippen LogP contribution in [0.5, 0.6) is 0 Å². The predicted molar refractivity (Wildman–Crippen MR) is 64.1 cm³/mol. The van der Waals surface area contributed by atoms with E-state index in [1.54, 1.807) is 24.2 Å². The highest BCUT2D eigenvalue weighted by Gasteiger charge is 2.13. The SMILES string of the molecule is CCCNC(CSc1ncco1)C(C)C. The summed E-state index contributed by atoms with van der Waals surface area (Å²) in [6.45, 7) is 7.74. The minimum absolute atomic E-state index is 0.529. The molecule has 1 aromatic rings. The monoisotopic (exact) mass is 228 g/mol. The van der Waals surface area contributed by atoms with Gasteiger partial charge in [-0.3, -0.25) is 0 Å². The Labute approximate surface area is 96.0 Å². The highest BCUT2D eigenvalue weighted by atomic mass is 32.2. The summed E-state index contributed by atoms with van der Waals surface area (Å²) in [7, 11) is 0. The van der Waals surface area contributed by atoms with E-state index in [1.807, 2.05) is 0 Å². The number of oxazole rings is 1. The predicted octanol–water partition coefficient (Wildman–Crippen LogP) is 2.79. The summed E-state index contributed by atoms with van der Waals surface area (Å²) in [4.78, 5) is 4.10. The summed E-state index contributed by atoms with van der Waals surface area (Å²) < 4.78 is 5.19. The van der Waals surface area contributed by atoms with E-state index >= 15 is 0 Å². The Bertz CT molecular complexity index is 249. The van der Waals surface area contributed by atoms with Crippen LogP contribution in [0.4, 0.5) is 0 Å². The standard InChI is InChI=1S/C11H20N2OS/c1-4-5-12-10(9(2)3)8-15-11-13-6-7-14-11/h6-7,9-10,12H,4-5,8H2,1-3H3. The fourth-order valence-corrected chi connectivity index (χ4v) is 2.34. The van der Waals surface area contributed by atoms with Gasteiger partial charge in [0.05, 0.1) is 6.20 Å². The smallest absolute Gasteiger partial charge is 0.255 e. The molecule has 1 aromatic heterocycles. The van der Waals surface area contributed by atoms with Crippen molar-refractivity contribution in [2.45, 2.75) is 38.5 Å². The number of aromatic nitrogens is 1. The number of hydrogen-bond donors (Lipinski definition) is 1. The lowest BCUT2D eigenvalue weighted by Gasteiger charge is -2.21. The zero-order chi connectivity index (χ0) is 11.1. The molecule has 0 aliphatic carbocycles. The van der Waals surface area contributed by atoms with E-state index in [4.69, 9.17) is 4.42 Å². The van der Waals surface area contributed by atoms with Gasteiger partial charge in [-0.2, -0.15) is 0 Å². The Balaban J connectivity index is 2.31. The van der Waals surface area contributed by atoms with Gasteiger partial charge in [0.25, 0.3) is 5.22 Å². The van der Waals surface area contributed by atoms with Crippen molar-refractivity contribution in [2.24, 2.45) is 5.92 Å². The van der Waals surface area contributed by atoms with Crippen molar-refractivity contribution in [3.63, 3.8) is 0 Å². The first-order valence-corrected chi connectivity index (χ1v) is 6.48. The molecule has 86 valence electrons. The molecule has 3 nitrogen and oxygen atoms in total. The number of thioether (sulfide) groups is 1. The fourth-order valence-electron chi connectivity index (χ4n) is 1.26. The van der Waals surface area contributed by atoms with Crippen LogP contribution in [0.2, 0.25) is 0 Å². The molecule has 15 heavy (non-hydrogen) atoms. The molecule has 0 spiro atoms. The van der Waals surface area contributed by atoms with Gasteiger partial charge in [0, 0.05) is 11.8 Å². The van der Waals surface area contributed by atoms with Crippen molar-refractivity contribution in [3.05, 3.63) is 12.5 Å². The van der Waals surface area contributed by atoms with E-state index in [-0.39, 0.29) is 0 Å². The van der Waals surface area contributed by atoms with Crippen LogP contribution in [0.15, 0.2) is 22.1 Å². The largest absolute Gasteiger partial charge is 0.440 e. The van der Waals surface area contributed by atoms with Crippen molar-refractivity contribution >= 4 is 11.8 Å². The summed E-state index contributed by atoms with van der Waals surface area (Å²) in [5.41, 5.74) is 0. The molecule has 0 aliphatic rings. The van der Waals surface area contributed by atoms with Crippen LogP contribution >= 0.6 is 11.8 Å². The average molecular weight is 228 g/mol. The third-order valence-corrected chi connectivity index (χ3v) is 3.23. The van der Waals surface area contributed by atoms with Gasteiger partial charge in [0.1, 0.15) is 6.26 Å². The van der Waals surface area contributed by atoms with E-state index in [0.29, 0.717) is 12.0 Å². The molecule has 0 saturated heterocycles. The molecule has 0 radical (unpaired) electrons. The molecule has 0 aromatic carbocycles. The number of nitrogens with one attached hydrogen (secondary N) is 1. The van der Waals surface area contributed by atoms with Crippen LogP contribution in [0.25, 0.3) is 0 Å². The highest BCUT2D eigenvalue weighted by Crippen LogP contribution is 2.18. The molecule has 0 fully saturated rings. The maximum absolute atomic E-state index is 5.19. The topological polar surface area (TPSA) is 38.1 Å². The van der Waals surface area contributed by atoms with Gasteiger partial charge in [0.15, 0.2) is 0 Å². The van der Waals surface area contributed by atoms with Crippen molar-refractivity contribution in [2.75, 3.05) is 12.3 Å². The first kappa shape index (κ1) is 12.6. The van der Waals surface area contributed by atoms with Crippen molar-refractivity contribution < 1.29 is 4.42 Å². The minimum Gasteiger partial charge on any atom is -0.440 e. The third kappa shape index (κ3) is 4.71. The minimum atomic E-state index is 0.529. The van der Waals surface area contributed by atoms with E-state index in [1.165, 1.54) is 6.42 Å². The number of nitrogens with zero attached hydrogens (tertiary/aromatic N) is 1. The Morgan fingerprint density at radius 2 is 2.33 bits per heavy atom. The molecular weight excluding hydrogens is 208 g/mol. The van der Waals surface area contributed by atoms with Gasteiger partial charge in [-0.15, -0.1) is 0 Å². The lowest BCUT2D eigenvalue weighted by Crippen LogP contribution is -2.36. The number of rotatable bonds is 7. The van der Waals surface area contributed by atoms with Gasteiger partial charge in [0.2, 0.25) is 0 Å². The highest BCUT2D eigenvalue weighted by molar-refractivity contribution is 7.99. The van der Waals surface area contributed by atoms with Crippen molar-refractivity contribution in [3.8, 4) is 0 Å². The maximum atomic E-state index is 5.19. The molecular formula is C11H20N2OS. The Hall–Kier alpha value is -0.480. The lowest BCUT2D eigenvalue weighted by atomic mass is 10.1. The summed E-state index contributed by atoms with van der Waals surface area (Å²) in [5.74, 6) is 1.65. The quantitative estimate of drug-likeness (QED) is 0.728. The van der Waals surface area contributed by atoms with Crippen LogP contribution in [-0.4, -0.2) is 23.3 Å². The third-order valence-electron chi connectivity index (χ3n) is 2.26. The molecule has 0 amide bonds. The molecule has 1 rings (SSSR count). The van der Waals surface area contributed by atoms with E-state index in [2.05, 4.69) is 31.1 Å². The van der Waals surface area contributed by atoms with Gasteiger partial charge < -0.3 is 9.73 Å². The molecule has 4 heteroatoms. The second kappa shape index (κ2) is 6.90. The normalized spacial score (nSPS) is 13.3. The van der Waals surface area contributed by atoms with Gasteiger partial charge in [-0.05, 0) is 18.9 Å². The molecule has 1 N–H and O–H groups in total. The fraction of sp³-hybridized carbons (Fsp3) is 0.727. The van der Waals surface area contributed by atoms with E-state index in [9.17, 15) is 0 Å². The summed E-state index contributed by atoms with van der Waals surface area (Å²) in [6.07, 6.45) is 4.48. The molecule has 0 saturated carbocycles. The van der Waals surface area contributed by atoms with Crippen LogP contribution < -0.4 is 5.32 Å². The summed E-state index contributed by atoms with van der Waals surface area (Å²) in [5, 5.41) is 4.30. The van der Waals surface area contributed by atoms with Crippen molar-refractivity contribution in [1.29, 1.82) is 0 Å². The van der Waals surface area contributed by atoms with Crippen LogP contribution in [0.1, 0.15) is 27.2 Å². The Morgan fingerprint density at radius 3 is 2.87 bits per heavy atom. The van der Waals surface area contributed by atoms with Gasteiger partial charge in [-0.25, -0.2) is 4.98 Å². The lowest BCUT2D eigenvalue weighted by molar-refractivity contribution is 0.427. The first-order valence-electron chi connectivity index (χ1n) is 5.49. The van der Waals surface area contributed by atoms with Crippen LogP contribution in [0, 0.1) is 5.92 Å². The van der Waals surface area contributed by atoms with Gasteiger partial charge in [-0.1, -0.05) is 32.5 Å². The molecule has 0 bridgehead atoms. The molecule has 0 aliphatic heterocycles. The molecule has 1 heterocycles. The van der Waals surface area contributed by atoms with Crippen LogP contribution in [0.3, 0.4) is 0 Å². The second-order valence-corrected chi connectivity index (χ2v) is 4.88. The maximum Gasteiger partial charge on any atom is 0.255 e. The van der Waals surface area contributed by atoms with E-state index in [0.717, 1.165) is 17.5 Å². The Morgan fingerprint density at radius 1 is 1.53 bits per heavy atom. The molecule has 1 unspecified atom stereocenters. The molecule has 1 atom stereocenters. The van der Waals surface area contributed by atoms with Crippen LogP contribution in [-0.2, 0) is 0 Å². The zero-order valence-electron chi connectivity index (χ0n) is 9.69. The zero-order valence-corrected chi connectivity index (χ0v) is 10.5.